The Morgan fingerprint density at radius 3 is 2.43 bits per heavy atom. The Morgan fingerprint density at radius 1 is 1.00 bits per heavy atom. The van der Waals surface area contributed by atoms with Crippen LogP contribution < -0.4 is 5.32 Å². The topological polar surface area (TPSA) is 86.6 Å². The number of hydrogen-bond donors (Lipinski definition) is 3. The van der Waals surface area contributed by atoms with Gasteiger partial charge in [-0.1, -0.05) is 20.8 Å². The zero-order valence-corrected chi connectivity index (χ0v) is 23.2. The van der Waals surface area contributed by atoms with Gasteiger partial charge >= 0.3 is 0 Å². The fourth-order valence-electron chi connectivity index (χ4n) is 9.73. The van der Waals surface area contributed by atoms with Gasteiger partial charge in [0.2, 0.25) is 5.91 Å². The summed E-state index contributed by atoms with van der Waals surface area (Å²) in [7, 11) is 0. The van der Waals surface area contributed by atoms with Gasteiger partial charge in [-0.25, -0.2) is 0 Å². The van der Waals surface area contributed by atoms with Gasteiger partial charge in [0.05, 0.1) is 12.2 Å². The second-order valence-electron chi connectivity index (χ2n) is 13.6. The molecule has 37 heavy (non-hydrogen) atoms. The summed E-state index contributed by atoms with van der Waals surface area (Å²) < 4.78 is 0. The van der Waals surface area contributed by atoms with Crippen molar-refractivity contribution >= 4 is 17.4 Å². The van der Waals surface area contributed by atoms with Crippen LogP contribution in [0.1, 0.15) is 102 Å². The number of aliphatic hydroxyl groups excluding tert-OH is 2. The standard InChI is InChI=1S/C32H47NO4/c1-19(5-14-30(37)33-23-9-6-21(7-10-23)20(2)34)26-12-13-27-25-11-8-22-17-24(35)15-16-31(22,3)28(25)18-29(36)32(26,27)4/h6-7,9-10,19,22,24-29,35-36H,5,8,11-18H2,1-4H3,(H,33,37)/t19-,22?,24-,25?,26-,27?,28?,29+,31+,32-/m1/s1. The molecule has 1 aromatic rings. The largest absolute Gasteiger partial charge is 0.393 e. The lowest BCUT2D eigenvalue weighted by Crippen LogP contribution is -2.58. The molecular formula is C32H47NO4. The monoisotopic (exact) mass is 509 g/mol. The van der Waals surface area contributed by atoms with Crippen LogP contribution in [0, 0.1) is 46.3 Å². The Morgan fingerprint density at radius 2 is 1.73 bits per heavy atom. The molecule has 0 spiro atoms. The van der Waals surface area contributed by atoms with E-state index in [2.05, 4.69) is 26.1 Å². The maximum atomic E-state index is 12.7. The van der Waals surface area contributed by atoms with Crippen molar-refractivity contribution in [2.24, 2.45) is 46.3 Å². The summed E-state index contributed by atoms with van der Waals surface area (Å²) >= 11 is 0. The fourth-order valence-corrected chi connectivity index (χ4v) is 9.73. The lowest BCUT2D eigenvalue weighted by molar-refractivity contribution is -0.174. The number of Topliss-reactive ketones (excluding diaryl/α,β-unsaturated/α-hetero) is 1. The molecule has 0 heterocycles. The molecule has 3 N–H and O–H groups in total. The van der Waals surface area contributed by atoms with Crippen molar-refractivity contribution in [3.63, 3.8) is 0 Å². The van der Waals surface area contributed by atoms with Crippen LogP contribution in [-0.4, -0.2) is 34.1 Å². The first-order chi connectivity index (χ1) is 17.5. The SMILES string of the molecule is CC(=O)c1ccc(NC(=O)CC[C@@H](C)[C@H]2CCC3C4CCC5C[C@H](O)CC[C@]5(C)C4C[C@H](O)[C@@]32C)cc1. The molecule has 4 unspecified atom stereocenters. The van der Waals surface area contributed by atoms with E-state index in [1.54, 1.807) is 31.2 Å². The molecule has 0 saturated heterocycles. The van der Waals surface area contributed by atoms with E-state index in [4.69, 9.17) is 0 Å². The number of aliphatic hydroxyl groups is 2. The number of fused-ring (bicyclic) bond motifs is 5. The Bertz CT molecular complexity index is 1010. The molecule has 0 aliphatic heterocycles. The number of hydrogen-bond acceptors (Lipinski definition) is 4. The maximum Gasteiger partial charge on any atom is 0.224 e. The van der Waals surface area contributed by atoms with Crippen LogP contribution >= 0.6 is 0 Å². The van der Waals surface area contributed by atoms with E-state index < -0.39 is 0 Å². The Kier molecular flexibility index (Phi) is 7.34. The summed E-state index contributed by atoms with van der Waals surface area (Å²) in [5.74, 6) is 3.26. The fraction of sp³-hybridized carbons (Fsp3) is 0.750. The van der Waals surface area contributed by atoms with Gasteiger partial charge in [0.15, 0.2) is 5.78 Å². The molecule has 1 amide bonds. The van der Waals surface area contributed by atoms with Crippen molar-refractivity contribution in [1.82, 2.24) is 0 Å². The normalized spacial score (nSPS) is 41.7. The molecule has 4 aliphatic rings. The summed E-state index contributed by atoms with van der Waals surface area (Å²) in [6.45, 7) is 8.66. The number of carbonyl (C=O) groups is 2. The molecular weight excluding hydrogens is 462 g/mol. The van der Waals surface area contributed by atoms with Crippen molar-refractivity contribution in [3.05, 3.63) is 29.8 Å². The second-order valence-corrected chi connectivity index (χ2v) is 13.6. The molecule has 1 aromatic carbocycles. The zero-order valence-electron chi connectivity index (χ0n) is 23.2. The number of rotatable bonds is 6. The van der Waals surface area contributed by atoms with Crippen molar-refractivity contribution < 1.29 is 19.8 Å². The summed E-state index contributed by atoms with van der Waals surface area (Å²) in [6.07, 6.45) is 9.55. The van der Waals surface area contributed by atoms with E-state index in [0.29, 0.717) is 47.5 Å². The van der Waals surface area contributed by atoms with Crippen molar-refractivity contribution in [1.29, 1.82) is 0 Å². The first-order valence-corrected chi connectivity index (χ1v) is 14.8. The van der Waals surface area contributed by atoms with E-state index >= 15 is 0 Å². The summed E-state index contributed by atoms with van der Waals surface area (Å²) in [5.41, 5.74) is 1.56. The van der Waals surface area contributed by atoms with Crippen LogP contribution in [0.25, 0.3) is 0 Å². The average molecular weight is 510 g/mol. The highest BCUT2D eigenvalue weighted by Crippen LogP contribution is 2.68. The van der Waals surface area contributed by atoms with Gasteiger partial charge in [0.1, 0.15) is 0 Å². The third-order valence-corrected chi connectivity index (χ3v) is 11.9. The minimum Gasteiger partial charge on any atom is -0.393 e. The maximum absolute atomic E-state index is 12.7. The van der Waals surface area contributed by atoms with E-state index in [1.807, 2.05) is 0 Å². The van der Waals surface area contributed by atoms with E-state index in [1.165, 1.54) is 19.3 Å². The third kappa shape index (κ3) is 4.69. The molecule has 4 saturated carbocycles. The highest BCUT2D eigenvalue weighted by atomic mass is 16.3. The highest BCUT2D eigenvalue weighted by molar-refractivity contribution is 5.95. The lowest BCUT2D eigenvalue weighted by atomic mass is 9.43. The first-order valence-electron chi connectivity index (χ1n) is 14.8. The predicted molar refractivity (Wildman–Crippen MR) is 146 cm³/mol. The molecule has 4 aliphatic carbocycles. The van der Waals surface area contributed by atoms with Crippen LogP contribution in [0.4, 0.5) is 5.69 Å². The van der Waals surface area contributed by atoms with Crippen LogP contribution in [0.3, 0.4) is 0 Å². The number of amides is 1. The number of nitrogens with one attached hydrogen (secondary N) is 1. The van der Waals surface area contributed by atoms with Gasteiger partial charge in [-0.15, -0.1) is 0 Å². The van der Waals surface area contributed by atoms with E-state index in [9.17, 15) is 19.8 Å². The van der Waals surface area contributed by atoms with Gasteiger partial charge in [-0.3, -0.25) is 9.59 Å². The first kappa shape index (κ1) is 26.9. The Hall–Kier alpha value is -1.72. The summed E-state index contributed by atoms with van der Waals surface area (Å²) in [5, 5.41) is 25.0. The molecule has 0 radical (unpaired) electrons. The van der Waals surface area contributed by atoms with Gasteiger partial charge in [0.25, 0.3) is 0 Å². The number of carbonyl (C=O) groups excluding carboxylic acids is 2. The molecule has 204 valence electrons. The molecule has 5 nitrogen and oxygen atoms in total. The van der Waals surface area contributed by atoms with E-state index in [0.717, 1.165) is 44.2 Å². The average Bonchev–Trinajstić information content (AvgIpc) is 3.23. The summed E-state index contributed by atoms with van der Waals surface area (Å²) in [4.78, 5) is 24.2. The Balaban J connectivity index is 1.22. The van der Waals surface area contributed by atoms with E-state index in [-0.39, 0.29) is 34.7 Å². The van der Waals surface area contributed by atoms with Crippen molar-refractivity contribution in [2.45, 2.75) is 104 Å². The number of anilines is 1. The van der Waals surface area contributed by atoms with Crippen molar-refractivity contribution in [2.75, 3.05) is 5.32 Å². The van der Waals surface area contributed by atoms with Crippen LogP contribution in [0.5, 0.6) is 0 Å². The minimum absolute atomic E-state index is 0.0112. The molecule has 0 aromatic heterocycles. The van der Waals surface area contributed by atoms with Gasteiger partial charge in [-0.2, -0.15) is 0 Å². The molecule has 5 rings (SSSR count). The zero-order chi connectivity index (χ0) is 26.5. The smallest absolute Gasteiger partial charge is 0.224 e. The van der Waals surface area contributed by atoms with Crippen LogP contribution in [0.15, 0.2) is 24.3 Å². The molecule has 0 bridgehead atoms. The lowest BCUT2D eigenvalue weighted by Gasteiger charge is -2.62. The molecule has 4 fully saturated rings. The van der Waals surface area contributed by atoms with Crippen LogP contribution in [0.2, 0.25) is 0 Å². The molecule has 10 atom stereocenters. The van der Waals surface area contributed by atoms with Gasteiger partial charge in [0, 0.05) is 17.7 Å². The highest BCUT2D eigenvalue weighted by Gasteiger charge is 2.63. The predicted octanol–water partition coefficient (Wildman–Crippen LogP) is 6.23. The second kappa shape index (κ2) is 10.1. The molecule has 5 heteroatoms. The Labute approximate surface area is 222 Å². The number of ketones is 1. The van der Waals surface area contributed by atoms with Crippen molar-refractivity contribution in [3.8, 4) is 0 Å². The minimum atomic E-state index is -0.287. The quantitative estimate of drug-likeness (QED) is 0.397. The van der Waals surface area contributed by atoms with Gasteiger partial charge in [-0.05, 0) is 135 Å². The third-order valence-electron chi connectivity index (χ3n) is 11.9. The number of benzene rings is 1. The summed E-state index contributed by atoms with van der Waals surface area (Å²) in [6, 6.07) is 7.08. The van der Waals surface area contributed by atoms with Gasteiger partial charge < -0.3 is 15.5 Å². The van der Waals surface area contributed by atoms with Crippen LogP contribution in [-0.2, 0) is 4.79 Å².